The molecule has 6 nitrogen and oxygen atoms in total. The van der Waals surface area contributed by atoms with Crippen LogP contribution in [0.25, 0.3) is 11.8 Å². The van der Waals surface area contributed by atoms with Crippen LogP contribution in [0.2, 0.25) is 0 Å². The van der Waals surface area contributed by atoms with Gasteiger partial charge in [-0.1, -0.05) is 12.1 Å². The van der Waals surface area contributed by atoms with Crippen molar-refractivity contribution in [3.8, 4) is 11.8 Å². The van der Waals surface area contributed by atoms with Crippen molar-refractivity contribution < 1.29 is 14.7 Å². The number of hydrogen-bond donors (Lipinski definition) is 2. The second kappa shape index (κ2) is 7.70. The number of amides is 1. The Bertz CT molecular complexity index is 930. The number of nitriles is 1. The summed E-state index contributed by atoms with van der Waals surface area (Å²) in [5.41, 5.74) is 2.98. The minimum Gasteiger partial charge on any atom is -0.478 e. The van der Waals surface area contributed by atoms with Gasteiger partial charge in [-0.25, -0.2) is 4.79 Å². The van der Waals surface area contributed by atoms with Crippen molar-refractivity contribution in [3.05, 3.63) is 58.4 Å². The molecule has 1 aromatic heterocycles. The first kappa shape index (κ1) is 19.0. The zero-order chi connectivity index (χ0) is 19.4. The van der Waals surface area contributed by atoms with Crippen molar-refractivity contribution in [3.63, 3.8) is 0 Å². The molecule has 1 heterocycles. The van der Waals surface area contributed by atoms with Crippen LogP contribution in [0, 0.1) is 25.2 Å². The SMILES string of the molecule is Cc1cc(/C=C(/C#N)C(=O)NC(C)C)c(C)n1-c1ccccc1C(=O)O. The Labute approximate surface area is 152 Å². The topological polar surface area (TPSA) is 95.1 Å². The van der Waals surface area contributed by atoms with E-state index >= 15 is 0 Å². The lowest BCUT2D eigenvalue weighted by atomic mass is 10.1. The van der Waals surface area contributed by atoms with Gasteiger partial charge in [-0.05, 0) is 57.5 Å². The molecule has 1 aromatic carbocycles. The molecule has 0 aliphatic carbocycles. The van der Waals surface area contributed by atoms with Crippen LogP contribution in [0.1, 0.15) is 41.2 Å². The lowest BCUT2D eigenvalue weighted by Gasteiger charge is -2.12. The number of rotatable bonds is 5. The van der Waals surface area contributed by atoms with Crippen molar-refractivity contribution in [2.24, 2.45) is 0 Å². The summed E-state index contributed by atoms with van der Waals surface area (Å²) in [5.74, 6) is -1.45. The molecule has 0 aliphatic rings. The average molecular weight is 351 g/mol. The van der Waals surface area contributed by atoms with E-state index in [1.54, 1.807) is 24.3 Å². The summed E-state index contributed by atoms with van der Waals surface area (Å²) >= 11 is 0. The Hall–Kier alpha value is -3.33. The lowest BCUT2D eigenvalue weighted by molar-refractivity contribution is -0.117. The Kier molecular flexibility index (Phi) is 5.63. The first-order valence-electron chi connectivity index (χ1n) is 8.20. The average Bonchev–Trinajstić information content (AvgIpc) is 2.85. The molecule has 0 unspecified atom stereocenters. The zero-order valence-electron chi connectivity index (χ0n) is 15.2. The number of carbonyl (C=O) groups excluding carboxylic acids is 1. The number of benzene rings is 1. The summed E-state index contributed by atoms with van der Waals surface area (Å²) in [5, 5.41) is 21.4. The van der Waals surface area contributed by atoms with Crippen molar-refractivity contribution in [1.82, 2.24) is 9.88 Å². The summed E-state index contributed by atoms with van der Waals surface area (Å²) in [6.07, 6.45) is 1.53. The van der Waals surface area contributed by atoms with E-state index in [1.807, 2.05) is 44.4 Å². The quantitative estimate of drug-likeness (QED) is 0.639. The molecule has 0 radical (unpaired) electrons. The molecule has 134 valence electrons. The minimum atomic E-state index is -1.01. The van der Waals surface area contributed by atoms with Crippen molar-refractivity contribution in [2.75, 3.05) is 0 Å². The van der Waals surface area contributed by atoms with Crippen molar-refractivity contribution in [1.29, 1.82) is 5.26 Å². The Balaban J connectivity index is 2.56. The number of nitrogens with one attached hydrogen (secondary N) is 1. The third kappa shape index (κ3) is 3.83. The highest BCUT2D eigenvalue weighted by Crippen LogP contribution is 2.25. The number of nitrogens with zero attached hydrogens (tertiary/aromatic N) is 2. The van der Waals surface area contributed by atoms with E-state index in [0.717, 1.165) is 11.4 Å². The van der Waals surface area contributed by atoms with E-state index in [0.29, 0.717) is 11.3 Å². The van der Waals surface area contributed by atoms with Gasteiger partial charge in [0.25, 0.3) is 5.91 Å². The standard InChI is InChI=1S/C20H21N3O3/c1-12(2)22-19(24)16(11-21)10-15-9-13(3)23(14(15)4)18-8-6-5-7-17(18)20(25)26/h5-10,12H,1-4H3,(H,22,24)(H,25,26)/b16-10-. The molecule has 0 bridgehead atoms. The highest BCUT2D eigenvalue weighted by molar-refractivity contribution is 6.02. The second-order valence-corrected chi connectivity index (χ2v) is 6.28. The fourth-order valence-electron chi connectivity index (χ4n) is 2.80. The molecular weight excluding hydrogens is 330 g/mol. The van der Waals surface area contributed by atoms with Crippen LogP contribution in [0.3, 0.4) is 0 Å². The largest absolute Gasteiger partial charge is 0.478 e. The van der Waals surface area contributed by atoms with E-state index in [9.17, 15) is 20.0 Å². The monoisotopic (exact) mass is 351 g/mol. The van der Waals surface area contributed by atoms with Crippen molar-refractivity contribution in [2.45, 2.75) is 33.7 Å². The van der Waals surface area contributed by atoms with Crippen LogP contribution in [0.15, 0.2) is 35.9 Å². The van der Waals surface area contributed by atoms with Gasteiger partial charge in [0.15, 0.2) is 0 Å². The third-order valence-corrected chi connectivity index (χ3v) is 3.93. The van der Waals surface area contributed by atoms with Crippen LogP contribution in [0.5, 0.6) is 0 Å². The maximum atomic E-state index is 12.1. The number of aromatic carboxylic acids is 1. The maximum Gasteiger partial charge on any atom is 0.337 e. The Morgan fingerprint density at radius 3 is 2.50 bits per heavy atom. The smallest absolute Gasteiger partial charge is 0.337 e. The van der Waals surface area contributed by atoms with E-state index in [-0.39, 0.29) is 17.2 Å². The molecule has 0 saturated heterocycles. The van der Waals surface area contributed by atoms with Gasteiger partial charge in [0.1, 0.15) is 11.6 Å². The van der Waals surface area contributed by atoms with E-state index < -0.39 is 11.9 Å². The summed E-state index contributed by atoms with van der Waals surface area (Å²) in [6, 6.07) is 10.4. The number of carboxylic acid groups (broad SMARTS) is 1. The van der Waals surface area contributed by atoms with Gasteiger partial charge < -0.3 is 15.0 Å². The molecule has 0 atom stereocenters. The Morgan fingerprint density at radius 1 is 1.27 bits per heavy atom. The van der Waals surface area contributed by atoms with Gasteiger partial charge in [0.2, 0.25) is 0 Å². The minimum absolute atomic E-state index is 0.00506. The highest BCUT2D eigenvalue weighted by Gasteiger charge is 2.17. The molecule has 2 N–H and O–H groups in total. The van der Waals surface area contributed by atoms with E-state index in [2.05, 4.69) is 5.32 Å². The Morgan fingerprint density at radius 2 is 1.92 bits per heavy atom. The number of carbonyl (C=O) groups is 2. The van der Waals surface area contributed by atoms with Gasteiger partial charge in [0.05, 0.1) is 11.3 Å². The predicted molar refractivity (Wildman–Crippen MR) is 99.1 cm³/mol. The van der Waals surface area contributed by atoms with Crippen LogP contribution in [-0.4, -0.2) is 27.6 Å². The molecule has 0 saturated carbocycles. The highest BCUT2D eigenvalue weighted by atomic mass is 16.4. The first-order valence-corrected chi connectivity index (χ1v) is 8.20. The molecular formula is C20H21N3O3. The number of para-hydroxylation sites is 1. The fraction of sp³-hybridized carbons (Fsp3) is 0.250. The summed E-state index contributed by atoms with van der Waals surface area (Å²) < 4.78 is 1.81. The number of aromatic nitrogens is 1. The maximum absolute atomic E-state index is 12.1. The number of hydrogen-bond acceptors (Lipinski definition) is 3. The van der Waals surface area contributed by atoms with Gasteiger partial charge in [-0.3, -0.25) is 4.79 Å². The molecule has 1 amide bonds. The van der Waals surface area contributed by atoms with Crippen LogP contribution in [0.4, 0.5) is 0 Å². The molecule has 6 heteroatoms. The normalized spacial score (nSPS) is 11.3. The van der Waals surface area contributed by atoms with Gasteiger partial charge in [-0.2, -0.15) is 5.26 Å². The predicted octanol–water partition coefficient (Wildman–Crippen LogP) is 3.22. The van der Waals surface area contributed by atoms with Crippen LogP contribution < -0.4 is 5.32 Å². The zero-order valence-corrected chi connectivity index (χ0v) is 15.2. The molecule has 0 fully saturated rings. The van der Waals surface area contributed by atoms with Crippen molar-refractivity contribution >= 4 is 18.0 Å². The molecule has 2 rings (SSSR count). The van der Waals surface area contributed by atoms with Gasteiger partial charge in [0, 0.05) is 17.4 Å². The summed E-state index contributed by atoms with van der Waals surface area (Å²) in [6.45, 7) is 7.32. The van der Waals surface area contributed by atoms with Crippen LogP contribution in [-0.2, 0) is 4.79 Å². The van der Waals surface area contributed by atoms with E-state index in [4.69, 9.17) is 0 Å². The third-order valence-electron chi connectivity index (χ3n) is 3.93. The molecule has 0 spiro atoms. The summed E-state index contributed by atoms with van der Waals surface area (Å²) in [7, 11) is 0. The molecule has 26 heavy (non-hydrogen) atoms. The number of aryl methyl sites for hydroxylation is 1. The molecule has 2 aromatic rings. The first-order chi connectivity index (χ1) is 12.3. The number of carboxylic acids is 1. The van der Waals surface area contributed by atoms with Crippen LogP contribution >= 0.6 is 0 Å². The second-order valence-electron chi connectivity index (χ2n) is 6.28. The molecule has 0 aliphatic heterocycles. The van der Waals surface area contributed by atoms with Gasteiger partial charge in [-0.15, -0.1) is 0 Å². The van der Waals surface area contributed by atoms with Gasteiger partial charge >= 0.3 is 5.97 Å². The summed E-state index contributed by atoms with van der Waals surface area (Å²) in [4.78, 5) is 23.6. The van der Waals surface area contributed by atoms with E-state index in [1.165, 1.54) is 6.08 Å². The fourth-order valence-corrected chi connectivity index (χ4v) is 2.80. The lowest BCUT2D eigenvalue weighted by Crippen LogP contribution is -2.30.